The van der Waals surface area contributed by atoms with Gasteiger partial charge in [0.15, 0.2) is 11.5 Å². The first-order chi connectivity index (χ1) is 12.1. The van der Waals surface area contributed by atoms with Gasteiger partial charge in [0.25, 0.3) is 0 Å². The molecule has 0 radical (unpaired) electrons. The quantitative estimate of drug-likeness (QED) is 0.813. The Morgan fingerprint density at radius 2 is 2.04 bits per heavy atom. The maximum absolute atomic E-state index is 9.57. The van der Waals surface area contributed by atoms with E-state index in [1.165, 1.54) is 0 Å². The van der Waals surface area contributed by atoms with Crippen LogP contribution < -0.4 is 9.47 Å². The molecule has 2 aromatic rings. The van der Waals surface area contributed by atoms with E-state index in [9.17, 15) is 5.02 Å². The second kappa shape index (κ2) is 7.61. The third kappa shape index (κ3) is 3.96. The van der Waals surface area contributed by atoms with Crippen molar-refractivity contribution in [1.29, 1.82) is 0 Å². The van der Waals surface area contributed by atoms with Crippen molar-refractivity contribution in [3.8, 4) is 22.8 Å². The summed E-state index contributed by atoms with van der Waals surface area (Å²) in [6.45, 7) is 4.66. The summed E-state index contributed by atoms with van der Waals surface area (Å²) in [7, 11) is 0.872. The first-order valence-corrected chi connectivity index (χ1v) is 8.43. The van der Waals surface area contributed by atoms with Crippen molar-refractivity contribution < 1.29 is 19.2 Å². The summed E-state index contributed by atoms with van der Waals surface area (Å²) < 4.78 is 16.3. The molecule has 1 aromatic heterocycles. The molecule has 0 bridgehead atoms. The number of rotatable bonds is 6. The highest BCUT2D eigenvalue weighted by Crippen LogP contribution is 2.34. The van der Waals surface area contributed by atoms with Gasteiger partial charge in [-0.2, -0.15) is 0 Å². The fourth-order valence-electron chi connectivity index (χ4n) is 2.79. The number of ether oxygens (including phenoxy) is 2. The molecule has 130 valence electrons. The molecular weight excluding hydrogens is 317 g/mol. The Morgan fingerprint density at radius 3 is 2.72 bits per heavy atom. The average Bonchev–Trinajstić information content (AvgIpc) is 3.05. The van der Waals surface area contributed by atoms with E-state index in [0.717, 1.165) is 34.5 Å². The minimum atomic E-state index is -0.762. The molecule has 3 rings (SSSR count). The zero-order chi connectivity index (χ0) is 17.8. The van der Waals surface area contributed by atoms with Crippen molar-refractivity contribution in [1.82, 2.24) is 4.98 Å². The first-order valence-electron chi connectivity index (χ1n) is 8.43. The number of aromatic nitrogens is 1. The van der Waals surface area contributed by atoms with Crippen LogP contribution in [0.2, 0.25) is 6.32 Å². The van der Waals surface area contributed by atoms with Gasteiger partial charge < -0.3 is 19.2 Å². The van der Waals surface area contributed by atoms with Gasteiger partial charge in [-0.3, -0.25) is 4.98 Å². The second-order valence-electron chi connectivity index (χ2n) is 6.03. The van der Waals surface area contributed by atoms with E-state index in [0.29, 0.717) is 24.4 Å². The Balaban J connectivity index is 1.97. The molecule has 0 saturated carbocycles. The molecule has 2 heterocycles. The van der Waals surface area contributed by atoms with Crippen LogP contribution in [0.25, 0.3) is 16.8 Å². The van der Waals surface area contributed by atoms with E-state index in [-0.39, 0.29) is 0 Å². The number of pyridine rings is 1. The van der Waals surface area contributed by atoms with Gasteiger partial charge in [-0.15, -0.1) is 0 Å². The maximum Gasteiger partial charge on any atom is 0.526 e. The van der Waals surface area contributed by atoms with Crippen LogP contribution in [-0.4, -0.2) is 30.8 Å². The van der Waals surface area contributed by atoms with Crippen molar-refractivity contribution in [2.75, 3.05) is 13.7 Å². The van der Waals surface area contributed by atoms with E-state index < -0.39 is 7.12 Å². The predicted octanol–water partition coefficient (Wildman–Crippen LogP) is 3.71. The number of nitrogens with zero attached hydrogens (tertiary/aromatic N) is 1. The minimum absolute atomic E-state index is 0.483. The summed E-state index contributed by atoms with van der Waals surface area (Å²) in [5.41, 5.74) is 4.68. The molecule has 1 aliphatic heterocycles. The summed E-state index contributed by atoms with van der Waals surface area (Å²) in [6.07, 6.45) is 3.03. The lowest BCUT2D eigenvalue weighted by molar-refractivity contribution is 0.294. The van der Waals surface area contributed by atoms with Crippen LogP contribution in [0, 0.1) is 6.92 Å². The monoisotopic (exact) mass is 339 g/mol. The van der Waals surface area contributed by atoms with Gasteiger partial charge in [-0.25, -0.2) is 0 Å². The minimum Gasteiger partial charge on any atom is -0.542 e. The van der Waals surface area contributed by atoms with Crippen molar-refractivity contribution in [2.45, 2.75) is 26.6 Å². The van der Waals surface area contributed by atoms with Crippen LogP contribution in [0.4, 0.5) is 0 Å². The molecule has 1 aliphatic rings. The number of aryl methyl sites for hydroxylation is 1. The largest absolute Gasteiger partial charge is 0.542 e. The molecule has 6 heteroatoms. The van der Waals surface area contributed by atoms with Gasteiger partial charge in [-0.1, -0.05) is 6.92 Å². The van der Waals surface area contributed by atoms with Crippen LogP contribution in [0.1, 0.15) is 24.6 Å². The Labute approximate surface area is 148 Å². The van der Waals surface area contributed by atoms with Crippen molar-refractivity contribution in [2.24, 2.45) is 0 Å². The lowest BCUT2D eigenvalue weighted by Gasteiger charge is -2.13. The van der Waals surface area contributed by atoms with Crippen molar-refractivity contribution in [3.05, 3.63) is 47.9 Å². The Hall–Kier alpha value is -2.47. The molecule has 0 amide bonds. The molecule has 0 unspecified atom stereocenters. The molecule has 1 N–H and O–H groups in total. The van der Waals surface area contributed by atoms with Gasteiger partial charge in [0, 0.05) is 17.6 Å². The van der Waals surface area contributed by atoms with E-state index in [2.05, 4.69) is 11.9 Å². The van der Waals surface area contributed by atoms with Gasteiger partial charge in [-0.05, 0) is 54.8 Å². The highest BCUT2D eigenvalue weighted by molar-refractivity contribution is 6.47. The van der Waals surface area contributed by atoms with Crippen LogP contribution in [0.5, 0.6) is 11.5 Å². The number of allylic oxidation sites excluding steroid dienone is 1. The Morgan fingerprint density at radius 1 is 1.20 bits per heavy atom. The first kappa shape index (κ1) is 17.4. The molecule has 5 nitrogen and oxygen atoms in total. The lowest BCUT2D eigenvalue weighted by atomic mass is 9.82. The van der Waals surface area contributed by atoms with Crippen LogP contribution in [-0.2, 0) is 4.65 Å². The number of hydrogen-bond donors (Lipinski definition) is 1. The fourth-order valence-corrected chi connectivity index (χ4v) is 2.79. The van der Waals surface area contributed by atoms with Crippen molar-refractivity contribution >= 4 is 12.7 Å². The fraction of sp³-hybridized carbons (Fsp3) is 0.316. The average molecular weight is 339 g/mol. The molecule has 25 heavy (non-hydrogen) atoms. The highest BCUT2D eigenvalue weighted by atomic mass is 16.5. The smallest absolute Gasteiger partial charge is 0.526 e. The molecule has 0 aliphatic carbocycles. The van der Waals surface area contributed by atoms with Gasteiger partial charge in [0.2, 0.25) is 0 Å². The maximum atomic E-state index is 9.57. The zero-order valence-corrected chi connectivity index (χ0v) is 14.8. The lowest BCUT2D eigenvalue weighted by Crippen LogP contribution is -2.08. The normalized spacial score (nSPS) is 13.4. The molecular formula is C19H22BNO4. The molecule has 0 spiro atoms. The van der Waals surface area contributed by atoms with Crippen LogP contribution in [0.15, 0.2) is 36.6 Å². The number of benzene rings is 1. The second-order valence-corrected chi connectivity index (χ2v) is 6.03. The van der Waals surface area contributed by atoms with E-state index in [4.69, 9.17) is 14.1 Å². The summed E-state index contributed by atoms with van der Waals surface area (Å²) in [5.74, 6) is 1.42. The van der Waals surface area contributed by atoms with Gasteiger partial charge in [0.1, 0.15) is 0 Å². The summed E-state index contributed by atoms with van der Waals surface area (Å²) >= 11 is 0. The summed E-state index contributed by atoms with van der Waals surface area (Å²) in [5, 5.41) is 9.57. The molecule has 1 aromatic carbocycles. The van der Waals surface area contributed by atoms with Gasteiger partial charge in [0.05, 0.1) is 25.7 Å². The third-order valence-electron chi connectivity index (χ3n) is 4.01. The van der Waals surface area contributed by atoms with Crippen LogP contribution >= 0.6 is 0 Å². The number of methoxy groups -OCH3 is 1. The highest BCUT2D eigenvalue weighted by Gasteiger charge is 2.24. The Bertz CT molecular complexity index is 791. The SMILES string of the molecule is CCCOc1cc(-c2cc(C3=COB(O)C3)cc(C)n2)ccc1OC. The van der Waals surface area contributed by atoms with E-state index in [1.54, 1.807) is 13.4 Å². The third-order valence-corrected chi connectivity index (χ3v) is 4.01. The summed E-state index contributed by atoms with van der Waals surface area (Å²) in [6, 6.07) is 9.82. The summed E-state index contributed by atoms with van der Waals surface area (Å²) in [4.78, 5) is 4.64. The molecule has 0 atom stereocenters. The topological polar surface area (TPSA) is 60.8 Å². The van der Waals surface area contributed by atoms with E-state index >= 15 is 0 Å². The van der Waals surface area contributed by atoms with Crippen molar-refractivity contribution in [3.63, 3.8) is 0 Å². The molecule has 0 saturated heterocycles. The number of hydrogen-bond acceptors (Lipinski definition) is 5. The standard InChI is InChI=1S/C19H22BNO4/c1-4-7-24-19-10-14(5-6-18(19)23-3)17-9-15(8-13(2)21-17)16-11-20(22)25-12-16/h5-6,8-10,12,22H,4,7,11H2,1-3H3. The Kier molecular flexibility index (Phi) is 5.29. The van der Waals surface area contributed by atoms with Crippen LogP contribution in [0.3, 0.4) is 0 Å². The molecule has 0 fully saturated rings. The zero-order valence-electron chi connectivity index (χ0n) is 14.8. The predicted molar refractivity (Wildman–Crippen MR) is 98.6 cm³/mol. The van der Waals surface area contributed by atoms with E-state index in [1.807, 2.05) is 37.3 Å². The van der Waals surface area contributed by atoms with Gasteiger partial charge >= 0.3 is 7.12 Å².